The van der Waals surface area contributed by atoms with Crippen molar-refractivity contribution >= 4 is 44.8 Å². The number of thiocarbonyl (C=S) groups is 1. The first-order valence-corrected chi connectivity index (χ1v) is 13.1. The van der Waals surface area contributed by atoms with Crippen molar-refractivity contribution in [1.29, 1.82) is 0 Å². The van der Waals surface area contributed by atoms with Crippen LogP contribution in [0.25, 0.3) is 0 Å². The molecule has 0 saturated heterocycles. The van der Waals surface area contributed by atoms with E-state index in [-0.39, 0.29) is 15.8 Å². The zero-order valence-electron chi connectivity index (χ0n) is 19.8. The van der Waals surface area contributed by atoms with Gasteiger partial charge in [0.05, 0.1) is 11.5 Å². The first kappa shape index (κ1) is 25.9. The minimum absolute atomic E-state index is 0.0257. The topological polar surface area (TPSA) is 123 Å². The molecule has 190 valence electrons. The van der Waals surface area contributed by atoms with Gasteiger partial charge in [-0.2, -0.15) is 0 Å². The number of anilines is 2. The Balaban J connectivity index is 1.29. The number of aryl methyl sites for hydroxylation is 1. The zero-order chi connectivity index (χ0) is 26.3. The average Bonchev–Trinajstić information content (AvgIpc) is 3.28. The molecule has 0 saturated carbocycles. The number of ether oxygens (including phenoxy) is 1. The fourth-order valence-electron chi connectivity index (χ4n) is 3.32. The lowest BCUT2D eigenvalue weighted by Crippen LogP contribution is -2.34. The number of hydrogen-bond acceptors (Lipinski definition) is 7. The van der Waals surface area contributed by atoms with E-state index in [9.17, 15) is 13.2 Å². The Hall–Kier alpha value is -4.22. The van der Waals surface area contributed by atoms with Crippen molar-refractivity contribution < 1.29 is 22.5 Å². The third-order valence-electron chi connectivity index (χ3n) is 5.11. The summed E-state index contributed by atoms with van der Waals surface area (Å²) in [6.45, 7) is 2.14. The Morgan fingerprint density at radius 1 is 1.00 bits per heavy atom. The maximum Gasteiger partial charge on any atom is 0.263 e. The molecule has 4 rings (SSSR count). The molecule has 0 fully saturated rings. The quantitative estimate of drug-likeness (QED) is 0.267. The van der Waals surface area contributed by atoms with Crippen molar-refractivity contribution in [3.05, 3.63) is 102 Å². The largest absolute Gasteiger partial charge is 0.493 e. The van der Waals surface area contributed by atoms with Gasteiger partial charge < -0.3 is 14.6 Å². The van der Waals surface area contributed by atoms with Crippen LogP contribution in [0, 0.1) is 6.92 Å². The fraction of sp³-hybridized carbons (Fsp3) is 0.115. The number of amides is 1. The van der Waals surface area contributed by atoms with Crippen LogP contribution in [-0.4, -0.2) is 31.2 Å². The highest BCUT2D eigenvalue weighted by Crippen LogP contribution is 2.18. The molecular weight excluding hydrogens is 512 g/mol. The number of nitrogens with one attached hydrogen (secondary N) is 3. The van der Waals surface area contributed by atoms with E-state index in [0.717, 1.165) is 6.42 Å². The second-order valence-electron chi connectivity index (χ2n) is 7.97. The van der Waals surface area contributed by atoms with Crippen molar-refractivity contribution in [1.82, 2.24) is 10.5 Å². The highest BCUT2D eigenvalue weighted by Gasteiger charge is 2.16. The first-order valence-electron chi connectivity index (χ1n) is 11.2. The van der Waals surface area contributed by atoms with Gasteiger partial charge in [-0.25, -0.2) is 8.42 Å². The van der Waals surface area contributed by atoms with E-state index in [0.29, 0.717) is 29.4 Å². The second-order valence-corrected chi connectivity index (χ2v) is 10.1. The minimum Gasteiger partial charge on any atom is -0.493 e. The summed E-state index contributed by atoms with van der Waals surface area (Å²) in [6, 6.07) is 24.1. The summed E-state index contributed by atoms with van der Waals surface area (Å²) < 4.78 is 38.0. The van der Waals surface area contributed by atoms with Crippen LogP contribution in [0.15, 0.2) is 94.3 Å². The zero-order valence-corrected chi connectivity index (χ0v) is 21.4. The monoisotopic (exact) mass is 536 g/mol. The summed E-state index contributed by atoms with van der Waals surface area (Å²) in [5.74, 6) is 0.746. The molecule has 0 aliphatic rings. The molecule has 4 aromatic rings. The summed E-state index contributed by atoms with van der Waals surface area (Å²) in [5.41, 5.74) is 2.05. The third kappa shape index (κ3) is 7.38. The molecular formula is C26H24N4O5S2. The molecule has 0 radical (unpaired) electrons. The Bertz CT molecular complexity index is 1490. The molecule has 0 unspecified atom stereocenters. The Morgan fingerprint density at radius 3 is 2.46 bits per heavy atom. The summed E-state index contributed by atoms with van der Waals surface area (Å²) in [5, 5.41) is 9.17. The molecule has 1 heterocycles. The van der Waals surface area contributed by atoms with Crippen LogP contribution < -0.4 is 20.1 Å². The summed E-state index contributed by atoms with van der Waals surface area (Å²) in [4.78, 5) is 12.7. The number of aromatic nitrogens is 1. The molecule has 1 aromatic heterocycles. The molecule has 0 aliphatic heterocycles. The molecule has 3 N–H and O–H groups in total. The number of carbonyl (C=O) groups excluding carboxylic acids is 1. The van der Waals surface area contributed by atoms with Gasteiger partial charge in [0.2, 0.25) is 0 Å². The molecule has 9 nitrogen and oxygen atoms in total. The van der Waals surface area contributed by atoms with Crippen LogP contribution in [0.5, 0.6) is 5.75 Å². The third-order valence-corrected chi connectivity index (χ3v) is 6.69. The van der Waals surface area contributed by atoms with Crippen LogP contribution in [0.3, 0.4) is 0 Å². The number of sulfonamides is 1. The average molecular weight is 537 g/mol. The normalized spacial score (nSPS) is 10.9. The predicted molar refractivity (Wildman–Crippen MR) is 144 cm³/mol. The van der Waals surface area contributed by atoms with Crippen molar-refractivity contribution in [3.63, 3.8) is 0 Å². The maximum atomic E-state index is 12.7. The van der Waals surface area contributed by atoms with Gasteiger partial charge in [-0.05, 0) is 67.2 Å². The molecule has 3 aromatic carbocycles. The van der Waals surface area contributed by atoms with E-state index in [4.69, 9.17) is 21.5 Å². The minimum atomic E-state index is -3.84. The van der Waals surface area contributed by atoms with E-state index in [1.165, 1.54) is 35.9 Å². The molecule has 0 bridgehead atoms. The van der Waals surface area contributed by atoms with Crippen LogP contribution >= 0.6 is 12.2 Å². The van der Waals surface area contributed by atoms with Crippen LogP contribution in [0.1, 0.15) is 21.7 Å². The van der Waals surface area contributed by atoms with Crippen LogP contribution in [0.2, 0.25) is 0 Å². The second kappa shape index (κ2) is 11.7. The molecule has 0 atom stereocenters. The van der Waals surface area contributed by atoms with Crippen molar-refractivity contribution in [2.24, 2.45) is 0 Å². The first-order chi connectivity index (χ1) is 17.8. The number of rotatable bonds is 9. The van der Waals surface area contributed by atoms with Gasteiger partial charge in [0.25, 0.3) is 15.9 Å². The molecule has 37 heavy (non-hydrogen) atoms. The molecule has 11 heteroatoms. The number of nitrogens with zero attached hydrogens (tertiary/aromatic N) is 1. The maximum absolute atomic E-state index is 12.7. The lowest BCUT2D eigenvalue weighted by molar-refractivity contribution is 0.0977. The fourth-order valence-corrected chi connectivity index (χ4v) is 4.52. The van der Waals surface area contributed by atoms with Gasteiger partial charge >= 0.3 is 0 Å². The number of benzene rings is 3. The smallest absolute Gasteiger partial charge is 0.263 e. The molecule has 0 spiro atoms. The van der Waals surface area contributed by atoms with Gasteiger partial charge in [-0.3, -0.25) is 14.8 Å². The Kier molecular flexibility index (Phi) is 8.16. The lowest BCUT2D eigenvalue weighted by atomic mass is 10.2. The molecule has 1 amide bonds. The number of hydrogen-bond donors (Lipinski definition) is 3. The molecule has 0 aliphatic carbocycles. The van der Waals surface area contributed by atoms with Gasteiger partial charge in [-0.15, -0.1) is 0 Å². The van der Waals surface area contributed by atoms with Crippen molar-refractivity contribution in [3.8, 4) is 5.75 Å². The van der Waals surface area contributed by atoms with Crippen LogP contribution in [0.4, 0.5) is 11.5 Å². The summed E-state index contributed by atoms with van der Waals surface area (Å²) in [7, 11) is -3.84. The van der Waals surface area contributed by atoms with Gasteiger partial charge in [-0.1, -0.05) is 41.6 Å². The van der Waals surface area contributed by atoms with E-state index in [1.807, 2.05) is 30.3 Å². The SMILES string of the molecule is Cc1cc(NS(=O)(=O)c2ccc(NC(=S)NC(=O)c3cccc(OCCc4ccccc4)c3)cc2)no1. The lowest BCUT2D eigenvalue weighted by Gasteiger charge is -2.11. The standard InChI is InChI=1S/C26H24N4O5S2/c1-18-16-24(29-35-18)30-37(32,33)23-12-10-21(11-13-23)27-26(36)28-25(31)20-8-5-9-22(17-20)34-15-14-19-6-3-2-4-7-19/h2-13,16-17H,14-15H2,1H3,(H,29,30)(H2,27,28,31,36). The predicted octanol–water partition coefficient (Wildman–Crippen LogP) is 4.53. The van der Waals surface area contributed by atoms with E-state index < -0.39 is 15.9 Å². The summed E-state index contributed by atoms with van der Waals surface area (Å²) in [6.07, 6.45) is 0.751. The van der Waals surface area contributed by atoms with E-state index in [1.54, 1.807) is 31.2 Å². The Morgan fingerprint density at radius 2 is 1.76 bits per heavy atom. The van der Waals surface area contributed by atoms with E-state index in [2.05, 4.69) is 20.5 Å². The van der Waals surface area contributed by atoms with Gasteiger partial charge in [0, 0.05) is 23.7 Å². The highest BCUT2D eigenvalue weighted by atomic mass is 32.2. The van der Waals surface area contributed by atoms with Gasteiger partial charge in [0.1, 0.15) is 11.5 Å². The van der Waals surface area contributed by atoms with Crippen molar-refractivity contribution in [2.45, 2.75) is 18.2 Å². The summed E-state index contributed by atoms with van der Waals surface area (Å²) >= 11 is 5.24. The highest BCUT2D eigenvalue weighted by molar-refractivity contribution is 7.92. The van der Waals surface area contributed by atoms with Crippen LogP contribution in [-0.2, 0) is 16.4 Å². The van der Waals surface area contributed by atoms with E-state index >= 15 is 0 Å². The number of carbonyl (C=O) groups is 1. The van der Waals surface area contributed by atoms with Crippen molar-refractivity contribution in [2.75, 3.05) is 16.6 Å². The Labute approximate surface area is 219 Å². The van der Waals surface area contributed by atoms with Gasteiger partial charge in [0.15, 0.2) is 10.9 Å².